The van der Waals surface area contributed by atoms with E-state index in [1.807, 2.05) is 27.7 Å². The summed E-state index contributed by atoms with van der Waals surface area (Å²) < 4.78 is 55.4. The molecule has 2 fully saturated rings. The van der Waals surface area contributed by atoms with Gasteiger partial charge in [-0.1, -0.05) is 0 Å². The quantitative estimate of drug-likeness (QED) is 0.173. The minimum absolute atomic E-state index is 0.108. The molecule has 0 amide bonds. The molecule has 5 heterocycles. The third kappa shape index (κ3) is 7.25. The van der Waals surface area contributed by atoms with Crippen molar-refractivity contribution in [3.8, 4) is 23.2 Å². The van der Waals surface area contributed by atoms with Crippen molar-refractivity contribution in [1.82, 2.24) is 34.2 Å². The molecule has 4 aromatic rings. The van der Waals surface area contributed by atoms with E-state index < -0.39 is 24.0 Å². The van der Waals surface area contributed by atoms with Crippen molar-refractivity contribution in [2.24, 2.45) is 0 Å². The maximum Gasteiger partial charge on any atom is 0.433 e. The number of aliphatic hydroxyl groups excluding tert-OH is 1. The molecule has 0 unspecified atom stereocenters. The van der Waals surface area contributed by atoms with Crippen LogP contribution in [0.25, 0.3) is 22.3 Å². The third-order valence-electron chi connectivity index (χ3n) is 8.95. The first kappa shape index (κ1) is 33.2. The second-order valence-electron chi connectivity index (χ2n) is 12.5. The van der Waals surface area contributed by atoms with Gasteiger partial charge < -0.3 is 19.1 Å². The molecule has 1 aliphatic heterocycles. The van der Waals surface area contributed by atoms with Crippen molar-refractivity contribution in [3.05, 3.63) is 54.4 Å². The summed E-state index contributed by atoms with van der Waals surface area (Å²) in [7, 11) is 0.326. The second-order valence-corrected chi connectivity index (χ2v) is 14.9. The summed E-state index contributed by atoms with van der Waals surface area (Å²) >= 11 is 0. The molecule has 0 spiro atoms. The van der Waals surface area contributed by atoms with Crippen LogP contribution >= 0.6 is 0 Å². The first-order chi connectivity index (χ1) is 22.6. The average molecular weight is 672 g/mol. The predicted octanol–water partition coefficient (Wildman–Crippen LogP) is 4.37. The molecule has 0 atom stereocenters. The highest BCUT2D eigenvalue weighted by Gasteiger charge is 2.48. The van der Waals surface area contributed by atoms with E-state index in [1.54, 1.807) is 12.5 Å². The Labute approximate surface area is 273 Å². The summed E-state index contributed by atoms with van der Waals surface area (Å²) in [6.45, 7) is 1.90. The molecule has 0 aromatic carbocycles. The van der Waals surface area contributed by atoms with E-state index in [4.69, 9.17) is 14.6 Å². The molecule has 1 N–H and O–H groups in total. The summed E-state index contributed by atoms with van der Waals surface area (Å²) in [5, 5.41) is 24.7. The Morgan fingerprint density at radius 2 is 1.94 bits per heavy atom. The molecular formula is C32H38F3N8O3S+. The zero-order valence-electron chi connectivity index (χ0n) is 26.4. The molecule has 0 bridgehead atoms. The van der Waals surface area contributed by atoms with E-state index in [9.17, 15) is 23.5 Å². The number of aromatic nitrogens is 6. The molecule has 2 aliphatic rings. The molecule has 1 saturated carbocycles. The Morgan fingerprint density at radius 3 is 2.64 bits per heavy atom. The minimum Gasteiger partial charge on any atom is -0.474 e. The van der Waals surface area contributed by atoms with Crippen molar-refractivity contribution in [2.75, 3.05) is 38.0 Å². The van der Waals surface area contributed by atoms with Crippen molar-refractivity contribution in [2.45, 2.75) is 69.3 Å². The van der Waals surface area contributed by atoms with Crippen LogP contribution in [0.1, 0.15) is 43.4 Å². The highest BCUT2D eigenvalue weighted by atomic mass is 32.2. The van der Waals surface area contributed by atoms with Crippen LogP contribution in [0.15, 0.2) is 43.1 Å². The lowest BCUT2D eigenvalue weighted by Gasteiger charge is -2.53. The maximum absolute atomic E-state index is 13.3. The molecule has 47 heavy (non-hydrogen) atoms. The Morgan fingerprint density at radius 1 is 1.15 bits per heavy atom. The number of nitrogens with zero attached hydrogens (tertiary/aromatic N) is 8. The van der Waals surface area contributed by atoms with Crippen molar-refractivity contribution in [3.63, 3.8) is 0 Å². The molecule has 6 rings (SSSR count). The Bertz CT molecular complexity index is 1720. The van der Waals surface area contributed by atoms with Gasteiger partial charge in [-0.05, 0) is 54.3 Å². The van der Waals surface area contributed by atoms with Gasteiger partial charge in [-0.25, -0.2) is 15.0 Å². The second kappa shape index (κ2) is 13.8. The molecular weight excluding hydrogens is 633 g/mol. The van der Waals surface area contributed by atoms with E-state index in [-0.39, 0.29) is 23.6 Å². The average Bonchev–Trinajstić information content (AvgIpc) is 3.69. The fraction of sp³-hybridized carbons (Fsp3) is 0.531. The van der Waals surface area contributed by atoms with Gasteiger partial charge in [-0.3, -0.25) is 9.58 Å². The van der Waals surface area contributed by atoms with Crippen LogP contribution in [0.3, 0.4) is 0 Å². The fourth-order valence-electron chi connectivity index (χ4n) is 6.44. The van der Waals surface area contributed by atoms with Crippen LogP contribution in [0.4, 0.5) is 13.2 Å². The lowest BCUT2D eigenvalue weighted by atomic mass is 9.82. The van der Waals surface area contributed by atoms with E-state index in [1.165, 1.54) is 6.07 Å². The summed E-state index contributed by atoms with van der Waals surface area (Å²) in [5.74, 6) is 0.899. The summed E-state index contributed by atoms with van der Waals surface area (Å²) in [6, 6.07) is 6.80. The lowest BCUT2D eigenvalue weighted by Crippen LogP contribution is -2.65. The van der Waals surface area contributed by atoms with Gasteiger partial charge in [0.1, 0.15) is 41.8 Å². The topological polar surface area (TPSA) is 127 Å². The van der Waals surface area contributed by atoms with Crippen molar-refractivity contribution in [1.29, 1.82) is 5.26 Å². The van der Waals surface area contributed by atoms with Crippen LogP contribution in [-0.2, 0) is 40.7 Å². The first-order valence-electron chi connectivity index (χ1n) is 15.5. The third-order valence-corrected chi connectivity index (χ3v) is 9.93. The van der Waals surface area contributed by atoms with Crippen LogP contribution < -0.4 is 4.74 Å². The molecule has 11 nitrogen and oxygen atoms in total. The number of hydrogen-bond donors (Lipinski definition) is 1. The van der Waals surface area contributed by atoms with Gasteiger partial charge in [0.05, 0.1) is 50.1 Å². The monoisotopic (exact) mass is 671 g/mol. The van der Waals surface area contributed by atoms with Crippen LogP contribution in [0, 0.1) is 11.3 Å². The number of fused-ring (bicyclic) bond motifs is 1. The van der Waals surface area contributed by atoms with Crippen LogP contribution in [0.2, 0.25) is 0 Å². The van der Waals surface area contributed by atoms with Gasteiger partial charge in [0, 0.05) is 48.5 Å². The first-order valence-corrected chi connectivity index (χ1v) is 17.7. The molecule has 0 radical (unpaired) electrons. The molecule has 4 aromatic heterocycles. The number of alkyl halides is 3. The zero-order chi connectivity index (χ0) is 33.2. The Hall–Kier alpha value is -3.71. The number of aliphatic hydroxyl groups is 1. The lowest BCUT2D eigenvalue weighted by molar-refractivity contribution is -0.141. The van der Waals surface area contributed by atoms with Gasteiger partial charge in [0.15, 0.2) is 0 Å². The molecule has 1 aliphatic carbocycles. The summed E-state index contributed by atoms with van der Waals surface area (Å²) in [6.07, 6.45) is 9.99. The smallest absolute Gasteiger partial charge is 0.433 e. The van der Waals surface area contributed by atoms with Gasteiger partial charge >= 0.3 is 6.18 Å². The highest BCUT2D eigenvalue weighted by molar-refractivity contribution is 7.95. The number of rotatable bonds is 12. The molecule has 250 valence electrons. The zero-order valence-corrected chi connectivity index (χ0v) is 27.2. The van der Waals surface area contributed by atoms with Crippen LogP contribution in [-0.4, -0.2) is 89.4 Å². The summed E-state index contributed by atoms with van der Waals surface area (Å²) in [5.41, 5.74) is 0.968. The van der Waals surface area contributed by atoms with Crippen LogP contribution in [0.5, 0.6) is 5.88 Å². The van der Waals surface area contributed by atoms with Gasteiger partial charge in [-0.15, -0.1) is 0 Å². The van der Waals surface area contributed by atoms with E-state index in [0.29, 0.717) is 56.6 Å². The van der Waals surface area contributed by atoms with E-state index in [2.05, 4.69) is 38.4 Å². The molecule has 15 heteroatoms. The molecule has 1 saturated heterocycles. The summed E-state index contributed by atoms with van der Waals surface area (Å²) in [4.78, 5) is 15.1. The van der Waals surface area contributed by atoms with Gasteiger partial charge in [-0.2, -0.15) is 23.5 Å². The van der Waals surface area contributed by atoms with E-state index >= 15 is 0 Å². The SMILES string of the molecule is C[S+](C)CCOCn1ccc2c(-c3cnn(C4(CC#N)CN(C5CCC(Oc6cc(CO)cc(C(F)(F)F)n6)CC5)C4)c3)ncnc21. The Balaban J connectivity index is 1.08. The predicted molar refractivity (Wildman–Crippen MR) is 170 cm³/mol. The van der Waals surface area contributed by atoms with Crippen molar-refractivity contribution >= 4 is 21.9 Å². The number of halogens is 3. The van der Waals surface area contributed by atoms with Gasteiger partial charge in [0.2, 0.25) is 5.88 Å². The Kier molecular flexibility index (Phi) is 9.75. The number of likely N-dealkylation sites (tertiary alicyclic amines) is 1. The number of nitriles is 1. The maximum atomic E-state index is 13.3. The number of ether oxygens (including phenoxy) is 2. The largest absolute Gasteiger partial charge is 0.474 e. The highest BCUT2D eigenvalue weighted by Crippen LogP contribution is 2.39. The van der Waals surface area contributed by atoms with Gasteiger partial charge in [0.25, 0.3) is 0 Å². The minimum atomic E-state index is -4.63. The van der Waals surface area contributed by atoms with Crippen molar-refractivity contribution < 1.29 is 27.8 Å². The standard InChI is InChI=1S/C32H38F3N8O3S/c1-47(2)12-11-45-21-41-10-7-26-29(37-20-38-30(26)41)23-15-39-43(16-23)31(8-9-36)18-42(19-31)24-3-5-25(6-4-24)46-28-14-22(17-44)13-27(40-28)32(33,34)35/h7,10,13-16,20,24-25,44H,3-6,8,11-12,17-19,21H2,1-2H3/q+1. The van der Waals surface area contributed by atoms with E-state index in [0.717, 1.165) is 47.0 Å². The number of pyridine rings is 1. The normalized spacial score (nSPS) is 20.0. The number of hydrogen-bond acceptors (Lipinski definition) is 9. The fourth-order valence-corrected chi connectivity index (χ4v) is 6.89.